The van der Waals surface area contributed by atoms with E-state index in [1.807, 2.05) is 0 Å². The van der Waals surface area contributed by atoms with Crippen molar-refractivity contribution in [2.75, 3.05) is 6.61 Å². The van der Waals surface area contributed by atoms with Crippen LogP contribution in [0, 0.1) is 0 Å². The number of fused-ring (bicyclic) bond motifs is 4. The van der Waals surface area contributed by atoms with Crippen molar-refractivity contribution in [3.05, 3.63) is 40.1 Å². The molecule has 168 valence electrons. The van der Waals surface area contributed by atoms with E-state index in [0.717, 1.165) is 18.2 Å². The lowest BCUT2D eigenvalue weighted by atomic mass is 9.92. The summed E-state index contributed by atoms with van der Waals surface area (Å²) in [4.78, 5) is 12.8. The van der Waals surface area contributed by atoms with Gasteiger partial charge < -0.3 is 49.6 Å². The average molecular weight is 446 g/mol. The molecular formula is C21H18O11. The molecule has 0 saturated carbocycles. The van der Waals surface area contributed by atoms with Crippen LogP contribution in [-0.4, -0.2) is 66.8 Å². The first-order valence-electron chi connectivity index (χ1n) is 9.59. The summed E-state index contributed by atoms with van der Waals surface area (Å²) in [7, 11) is 0. The van der Waals surface area contributed by atoms with Crippen LogP contribution >= 0.6 is 0 Å². The van der Waals surface area contributed by atoms with Gasteiger partial charge in [-0.15, -0.1) is 0 Å². The van der Waals surface area contributed by atoms with Gasteiger partial charge in [-0.3, -0.25) is 4.79 Å². The maximum atomic E-state index is 12.8. The van der Waals surface area contributed by atoms with Crippen molar-refractivity contribution in [1.82, 2.24) is 0 Å². The summed E-state index contributed by atoms with van der Waals surface area (Å²) in [6.07, 6.45) is -6.11. The predicted molar refractivity (Wildman–Crippen MR) is 106 cm³/mol. The molecule has 0 radical (unpaired) electrons. The summed E-state index contributed by atoms with van der Waals surface area (Å²) >= 11 is 0. The molecule has 32 heavy (non-hydrogen) atoms. The minimum atomic E-state index is -1.43. The zero-order valence-electron chi connectivity index (χ0n) is 16.2. The second-order valence-corrected chi connectivity index (χ2v) is 7.69. The topological polar surface area (TPSA) is 190 Å². The molecule has 0 amide bonds. The third-order valence-corrected chi connectivity index (χ3v) is 5.76. The summed E-state index contributed by atoms with van der Waals surface area (Å²) in [6, 6.07) is 4.50. The number of phenolic OH excluding ortho intramolecular Hbond substituents is 4. The summed E-state index contributed by atoms with van der Waals surface area (Å²) in [6.45, 7) is -0.580. The summed E-state index contributed by atoms with van der Waals surface area (Å²) in [5, 5.41) is 69.5. The Balaban J connectivity index is 1.66. The number of hydrogen-bond acceptors (Lipinski definition) is 11. The number of benzene rings is 2. The van der Waals surface area contributed by atoms with E-state index >= 15 is 0 Å². The molecule has 5 atom stereocenters. The fraction of sp³-hybridized carbons (Fsp3) is 0.286. The van der Waals surface area contributed by atoms with Crippen molar-refractivity contribution in [3.63, 3.8) is 0 Å². The zero-order chi connectivity index (χ0) is 22.9. The molecule has 0 aliphatic carbocycles. The fourth-order valence-electron chi connectivity index (χ4n) is 4.16. The molecular weight excluding hydrogens is 428 g/mol. The van der Waals surface area contributed by atoms with Gasteiger partial charge in [-0.2, -0.15) is 0 Å². The molecule has 0 bridgehead atoms. The number of aliphatic hydroxyl groups excluding tert-OH is 3. The molecule has 1 saturated heterocycles. The van der Waals surface area contributed by atoms with Gasteiger partial charge in [0.25, 0.3) is 0 Å². The number of hydrogen-bond donors (Lipinski definition) is 7. The number of rotatable bonds is 2. The molecule has 2 aliphatic heterocycles. The largest absolute Gasteiger partial charge is 0.506 e. The fourth-order valence-corrected chi connectivity index (χ4v) is 4.16. The van der Waals surface area contributed by atoms with Crippen LogP contribution in [0.2, 0.25) is 0 Å². The number of aromatic hydroxyl groups is 4. The Morgan fingerprint density at radius 3 is 2.25 bits per heavy atom. The highest BCUT2D eigenvalue weighted by molar-refractivity contribution is 5.89. The zero-order valence-corrected chi connectivity index (χ0v) is 16.2. The molecule has 2 aliphatic rings. The second-order valence-electron chi connectivity index (χ2n) is 7.69. The molecule has 5 unspecified atom stereocenters. The summed E-state index contributed by atoms with van der Waals surface area (Å²) in [5.41, 5.74) is -0.596. The lowest BCUT2D eigenvalue weighted by Gasteiger charge is -2.38. The van der Waals surface area contributed by atoms with Gasteiger partial charge >= 0.3 is 0 Å². The smallest absolute Gasteiger partial charge is 0.200 e. The molecule has 0 spiro atoms. The van der Waals surface area contributed by atoms with Crippen LogP contribution in [0.1, 0.15) is 11.7 Å². The van der Waals surface area contributed by atoms with E-state index in [-0.39, 0.29) is 33.6 Å². The Morgan fingerprint density at radius 2 is 1.59 bits per heavy atom. The van der Waals surface area contributed by atoms with Gasteiger partial charge in [0.05, 0.1) is 12.2 Å². The van der Waals surface area contributed by atoms with Crippen LogP contribution in [0.5, 0.6) is 28.7 Å². The number of ether oxygens (including phenoxy) is 2. The highest BCUT2D eigenvalue weighted by atomic mass is 16.6. The lowest BCUT2D eigenvalue weighted by Crippen LogP contribution is -2.55. The Morgan fingerprint density at radius 1 is 0.906 bits per heavy atom. The van der Waals surface area contributed by atoms with E-state index in [1.54, 1.807) is 0 Å². The van der Waals surface area contributed by atoms with Crippen molar-refractivity contribution >= 4 is 11.0 Å². The van der Waals surface area contributed by atoms with Gasteiger partial charge in [0.15, 0.2) is 28.8 Å². The second kappa shape index (κ2) is 7.00. The highest BCUT2D eigenvalue weighted by Crippen LogP contribution is 2.51. The normalized spacial score (nSPS) is 26.5. The van der Waals surface area contributed by atoms with Gasteiger partial charge in [-0.05, 0) is 12.1 Å². The monoisotopic (exact) mass is 446 g/mol. The molecule has 5 rings (SSSR count). The first-order chi connectivity index (χ1) is 15.2. The van der Waals surface area contributed by atoms with E-state index in [9.17, 15) is 40.5 Å². The van der Waals surface area contributed by atoms with E-state index in [4.69, 9.17) is 13.9 Å². The van der Waals surface area contributed by atoms with Gasteiger partial charge in [-0.1, -0.05) is 0 Å². The molecule has 2 aromatic carbocycles. The Bertz CT molecular complexity index is 1270. The Kier molecular flexibility index (Phi) is 4.46. The first kappa shape index (κ1) is 20.4. The van der Waals surface area contributed by atoms with E-state index in [0.29, 0.717) is 0 Å². The van der Waals surface area contributed by atoms with Crippen LogP contribution in [0.15, 0.2) is 33.5 Å². The van der Waals surface area contributed by atoms with Gasteiger partial charge in [-0.25, -0.2) is 0 Å². The van der Waals surface area contributed by atoms with Crippen LogP contribution in [0.3, 0.4) is 0 Å². The number of phenols is 4. The minimum absolute atomic E-state index is 0.0477. The van der Waals surface area contributed by atoms with Crippen molar-refractivity contribution in [1.29, 1.82) is 0 Å². The van der Waals surface area contributed by atoms with E-state index < -0.39 is 65.6 Å². The molecule has 1 fully saturated rings. The summed E-state index contributed by atoms with van der Waals surface area (Å²) in [5.74, 6) is -2.51. The van der Waals surface area contributed by atoms with Crippen LogP contribution in [0.4, 0.5) is 0 Å². The molecule has 3 aromatic rings. The van der Waals surface area contributed by atoms with E-state index in [1.165, 1.54) is 6.07 Å². The first-order valence-corrected chi connectivity index (χ1v) is 9.59. The highest BCUT2D eigenvalue weighted by Gasteiger charge is 2.52. The van der Waals surface area contributed by atoms with Crippen molar-refractivity contribution in [2.45, 2.75) is 30.5 Å². The molecule has 1 aromatic heterocycles. The average Bonchev–Trinajstić information content (AvgIpc) is 3.12. The van der Waals surface area contributed by atoms with Crippen molar-refractivity contribution in [2.24, 2.45) is 0 Å². The third-order valence-electron chi connectivity index (χ3n) is 5.76. The molecule has 7 N–H and O–H groups in total. The Hall–Kier alpha value is -3.51. The Labute approximate surface area is 178 Å². The van der Waals surface area contributed by atoms with Gasteiger partial charge in [0, 0.05) is 17.7 Å². The third kappa shape index (κ3) is 2.79. The maximum absolute atomic E-state index is 12.8. The SMILES string of the molecule is O=c1cc(-c2cc(O)c(O)c(O)c2)oc2cc3c(c(O)c12)C1OC(CO)C(O)C(O)C1O3. The van der Waals surface area contributed by atoms with Gasteiger partial charge in [0.1, 0.15) is 52.6 Å². The quantitative estimate of drug-likeness (QED) is 0.266. The molecule has 3 heterocycles. The van der Waals surface area contributed by atoms with Crippen molar-refractivity contribution < 1.29 is 49.6 Å². The van der Waals surface area contributed by atoms with Gasteiger partial charge in [0.2, 0.25) is 0 Å². The molecule has 11 nitrogen and oxygen atoms in total. The standard InChI is InChI=1S/C21H18O11/c22-5-13-17(27)19(29)21-20(32-13)15-12(31-21)4-11-14(18(15)28)7(23)3-10(30-11)6-1-8(24)16(26)9(25)2-6/h1-4,13,17,19-22,24-29H,5H2. The predicted octanol–water partition coefficient (Wildman–Crippen LogP) is 0.197. The van der Waals surface area contributed by atoms with E-state index in [2.05, 4.69) is 0 Å². The lowest BCUT2D eigenvalue weighted by molar-refractivity contribution is -0.215. The van der Waals surface area contributed by atoms with Crippen LogP contribution < -0.4 is 10.2 Å². The molecule has 11 heteroatoms. The van der Waals surface area contributed by atoms with Crippen molar-refractivity contribution in [3.8, 4) is 40.1 Å². The minimum Gasteiger partial charge on any atom is -0.506 e. The van der Waals surface area contributed by atoms with Crippen LogP contribution in [-0.2, 0) is 4.74 Å². The number of aliphatic hydroxyl groups is 3. The van der Waals surface area contributed by atoms with Crippen LogP contribution in [0.25, 0.3) is 22.3 Å². The summed E-state index contributed by atoms with van der Waals surface area (Å²) < 4.78 is 17.0. The maximum Gasteiger partial charge on any atom is 0.200 e.